The van der Waals surface area contributed by atoms with Crippen LogP contribution in [0.25, 0.3) is 0 Å². The van der Waals surface area contributed by atoms with Gasteiger partial charge in [-0.05, 0) is 56.2 Å². The van der Waals surface area contributed by atoms with E-state index >= 15 is 0 Å². The predicted octanol–water partition coefficient (Wildman–Crippen LogP) is 4.49. The van der Waals surface area contributed by atoms with Crippen LogP contribution in [-0.2, 0) is 4.74 Å². The average Bonchev–Trinajstić information content (AvgIpc) is 3.11. The first-order valence-corrected chi connectivity index (χ1v) is 9.29. The van der Waals surface area contributed by atoms with Crippen LogP contribution in [0.3, 0.4) is 0 Å². The fourth-order valence-corrected chi connectivity index (χ4v) is 4.89. The summed E-state index contributed by atoms with van der Waals surface area (Å²) >= 11 is 0. The van der Waals surface area contributed by atoms with Gasteiger partial charge in [0.15, 0.2) is 0 Å². The molecule has 1 aromatic rings. The van der Waals surface area contributed by atoms with Gasteiger partial charge in [-0.1, -0.05) is 43.2 Å². The number of fused-ring (bicyclic) bond motifs is 3. The van der Waals surface area contributed by atoms with Crippen molar-refractivity contribution in [2.24, 2.45) is 11.8 Å². The monoisotopic (exact) mass is 335 g/mol. The van der Waals surface area contributed by atoms with Gasteiger partial charge in [-0.2, -0.15) is 0 Å². The molecule has 2 nitrogen and oxygen atoms in total. The highest BCUT2D eigenvalue weighted by Crippen LogP contribution is 2.38. The van der Waals surface area contributed by atoms with E-state index in [2.05, 4.69) is 35.2 Å². The summed E-state index contributed by atoms with van der Waals surface area (Å²) in [5.41, 5.74) is 1.50. The molecule has 3 heterocycles. The largest absolute Gasteiger partial charge is 0.376 e. The smallest absolute Gasteiger partial charge is 0.0731 e. The molecule has 0 amide bonds. The number of hydrogen-bond donors (Lipinski definition) is 0. The fourth-order valence-electron chi connectivity index (χ4n) is 4.89. The van der Waals surface area contributed by atoms with Crippen molar-refractivity contribution in [3.63, 3.8) is 0 Å². The lowest BCUT2D eigenvalue weighted by Gasteiger charge is -2.45. The Kier molecular flexibility index (Phi) is 6.01. The lowest BCUT2D eigenvalue weighted by Crippen LogP contribution is -2.51. The number of halogens is 1. The highest BCUT2D eigenvalue weighted by molar-refractivity contribution is 5.85. The minimum absolute atomic E-state index is 0. The summed E-state index contributed by atoms with van der Waals surface area (Å²) in [5, 5.41) is 0. The van der Waals surface area contributed by atoms with Crippen molar-refractivity contribution >= 4 is 12.4 Å². The molecule has 0 aromatic heterocycles. The minimum atomic E-state index is 0. The van der Waals surface area contributed by atoms with Crippen LogP contribution in [0.1, 0.15) is 50.0 Å². The molecule has 2 unspecified atom stereocenters. The van der Waals surface area contributed by atoms with Gasteiger partial charge >= 0.3 is 0 Å². The molecule has 23 heavy (non-hydrogen) atoms. The summed E-state index contributed by atoms with van der Waals surface area (Å²) in [6, 6.07) is 11.1. The van der Waals surface area contributed by atoms with E-state index in [-0.39, 0.29) is 12.4 Å². The molecule has 3 aliphatic heterocycles. The van der Waals surface area contributed by atoms with Gasteiger partial charge in [-0.3, -0.25) is 0 Å². The fraction of sp³-hybridized carbons (Fsp3) is 0.700. The normalized spacial score (nSPS) is 31.7. The molecule has 2 bridgehead atoms. The zero-order valence-corrected chi connectivity index (χ0v) is 14.8. The van der Waals surface area contributed by atoms with Gasteiger partial charge in [-0.15, -0.1) is 12.4 Å². The molecule has 1 aliphatic carbocycles. The highest BCUT2D eigenvalue weighted by atomic mass is 35.5. The van der Waals surface area contributed by atoms with Gasteiger partial charge < -0.3 is 9.64 Å². The Morgan fingerprint density at radius 2 is 1.70 bits per heavy atom. The number of rotatable bonds is 5. The predicted molar refractivity (Wildman–Crippen MR) is 97.3 cm³/mol. The van der Waals surface area contributed by atoms with Gasteiger partial charge in [0.1, 0.15) is 0 Å². The molecule has 2 atom stereocenters. The Labute approximate surface area is 147 Å². The zero-order valence-electron chi connectivity index (χ0n) is 14.0. The lowest BCUT2D eigenvalue weighted by molar-refractivity contribution is -0.0762. The maximum absolute atomic E-state index is 6.50. The number of hydrogen-bond acceptors (Lipinski definition) is 2. The molecule has 0 radical (unpaired) electrons. The third-order valence-corrected chi connectivity index (χ3v) is 6.28. The summed E-state index contributed by atoms with van der Waals surface area (Å²) in [6.45, 7) is 4.71. The van der Waals surface area contributed by atoms with Gasteiger partial charge in [0.25, 0.3) is 0 Å². The summed E-state index contributed by atoms with van der Waals surface area (Å²) in [6.07, 6.45) is 8.80. The molecule has 3 saturated heterocycles. The summed E-state index contributed by atoms with van der Waals surface area (Å²) in [5.74, 6) is 2.27. The van der Waals surface area contributed by atoms with Crippen LogP contribution >= 0.6 is 12.4 Å². The topological polar surface area (TPSA) is 12.5 Å². The number of piperidine rings is 3. The first kappa shape index (κ1) is 17.3. The number of ether oxygens (including phenoxy) is 1. The summed E-state index contributed by atoms with van der Waals surface area (Å²) in [7, 11) is 0. The standard InChI is InChI=1S/C20H29NO.ClH/c1-2-6-16(7-3-1)19(17-8-4-5-9-17)15-22-20-14-21-12-10-18(20)11-13-21;/h1-3,6-7,17-20H,4-5,8-15H2;1H. The van der Waals surface area contributed by atoms with Crippen LogP contribution in [0, 0.1) is 11.8 Å². The van der Waals surface area contributed by atoms with E-state index in [9.17, 15) is 0 Å². The van der Waals surface area contributed by atoms with Crippen molar-refractivity contribution < 1.29 is 4.74 Å². The van der Waals surface area contributed by atoms with Crippen LogP contribution in [0.5, 0.6) is 0 Å². The highest BCUT2D eigenvalue weighted by Gasteiger charge is 2.36. The van der Waals surface area contributed by atoms with Crippen molar-refractivity contribution in [3.05, 3.63) is 35.9 Å². The quantitative estimate of drug-likeness (QED) is 0.786. The molecule has 0 N–H and O–H groups in total. The summed E-state index contributed by atoms with van der Waals surface area (Å²) in [4.78, 5) is 2.59. The maximum atomic E-state index is 6.50. The molecule has 5 rings (SSSR count). The van der Waals surface area contributed by atoms with E-state index < -0.39 is 0 Å². The molecule has 128 valence electrons. The van der Waals surface area contributed by atoms with Crippen molar-refractivity contribution in [1.29, 1.82) is 0 Å². The van der Waals surface area contributed by atoms with E-state index in [0.29, 0.717) is 12.0 Å². The van der Waals surface area contributed by atoms with Gasteiger partial charge in [0.05, 0.1) is 12.7 Å². The van der Waals surface area contributed by atoms with Crippen LogP contribution in [0.2, 0.25) is 0 Å². The summed E-state index contributed by atoms with van der Waals surface area (Å²) < 4.78 is 6.50. The number of benzene rings is 1. The average molecular weight is 336 g/mol. The molecule has 4 fully saturated rings. The van der Waals surface area contributed by atoms with Crippen LogP contribution in [-0.4, -0.2) is 37.2 Å². The second kappa shape index (κ2) is 8.00. The second-order valence-electron chi connectivity index (χ2n) is 7.57. The molecule has 4 aliphatic rings. The van der Waals surface area contributed by atoms with Crippen molar-refractivity contribution in [1.82, 2.24) is 4.90 Å². The van der Waals surface area contributed by atoms with Crippen LogP contribution in [0.15, 0.2) is 30.3 Å². The van der Waals surface area contributed by atoms with Crippen molar-refractivity contribution in [2.45, 2.75) is 50.5 Å². The van der Waals surface area contributed by atoms with Gasteiger partial charge in [0.2, 0.25) is 0 Å². The van der Waals surface area contributed by atoms with Gasteiger partial charge in [-0.25, -0.2) is 0 Å². The van der Waals surface area contributed by atoms with E-state index in [1.54, 1.807) is 0 Å². The maximum Gasteiger partial charge on any atom is 0.0731 e. The zero-order chi connectivity index (χ0) is 14.8. The van der Waals surface area contributed by atoms with Crippen molar-refractivity contribution in [3.8, 4) is 0 Å². The van der Waals surface area contributed by atoms with Crippen molar-refractivity contribution in [2.75, 3.05) is 26.2 Å². The van der Waals surface area contributed by atoms with E-state index in [0.717, 1.165) is 18.4 Å². The van der Waals surface area contributed by atoms with Crippen LogP contribution < -0.4 is 0 Å². The minimum Gasteiger partial charge on any atom is -0.376 e. The molecular weight excluding hydrogens is 306 g/mol. The third kappa shape index (κ3) is 3.92. The Morgan fingerprint density at radius 3 is 2.30 bits per heavy atom. The Bertz CT molecular complexity index is 466. The Hall–Kier alpha value is -0.570. The molecule has 1 saturated carbocycles. The number of nitrogens with zero attached hydrogens (tertiary/aromatic N) is 1. The first-order valence-electron chi connectivity index (χ1n) is 9.29. The van der Waals surface area contributed by atoms with E-state index in [1.807, 2.05) is 0 Å². The van der Waals surface area contributed by atoms with E-state index in [4.69, 9.17) is 4.74 Å². The molecule has 1 aromatic carbocycles. The molecule has 0 spiro atoms. The Morgan fingerprint density at radius 1 is 1.00 bits per heavy atom. The first-order chi connectivity index (χ1) is 10.9. The molecule has 3 heteroatoms. The molecular formula is C20H30ClNO. The SMILES string of the molecule is Cl.c1ccc(C(COC2CN3CCC2CC3)C2CCCC2)cc1. The third-order valence-electron chi connectivity index (χ3n) is 6.28. The van der Waals surface area contributed by atoms with Crippen LogP contribution in [0.4, 0.5) is 0 Å². The lowest BCUT2D eigenvalue weighted by atomic mass is 9.84. The second-order valence-corrected chi connectivity index (χ2v) is 7.57. The van der Waals surface area contributed by atoms with E-state index in [1.165, 1.54) is 63.7 Å². The van der Waals surface area contributed by atoms with Gasteiger partial charge in [0, 0.05) is 12.5 Å². The Balaban J connectivity index is 0.00000156.